The van der Waals surface area contributed by atoms with Crippen LogP contribution in [-0.2, 0) is 28.9 Å². The second-order valence-corrected chi connectivity index (χ2v) is 7.78. The van der Waals surface area contributed by atoms with Crippen LogP contribution in [0.15, 0.2) is 66.9 Å². The lowest BCUT2D eigenvalue weighted by atomic mass is 9.87. The number of fused-ring (bicyclic) bond motifs is 1. The van der Waals surface area contributed by atoms with Crippen molar-refractivity contribution >= 4 is 12.1 Å². The Labute approximate surface area is 187 Å². The van der Waals surface area contributed by atoms with Gasteiger partial charge in [0.25, 0.3) is 0 Å². The fraction of sp³-hybridized carbons (Fsp3) is 0.269. The first-order chi connectivity index (χ1) is 15.6. The zero-order valence-electron chi connectivity index (χ0n) is 18.0. The smallest absolute Gasteiger partial charge is 0.407 e. The number of hydrogen-bond donors (Lipinski definition) is 1. The number of esters is 1. The van der Waals surface area contributed by atoms with Gasteiger partial charge in [-0.15, -0.1) is 0 Å². The highest BCUT2D eigenvalue weighted by Crippen LogP contribution is 2.27. The van der Waals surface area contributed by atoms with Crippen LogP contribution in [0.4, 0.5) is 4.79 Å². The lowest BCUT2D eigenvalue weighted by Crippen LogP contribution is -2.39. The van der Waals surface area contributed by atoms with E-state index in [1.165, 1.54) is 11.1 Å². The fourth-order valence-electron chi connectivity index (χ4n) is 3.87. The summed E-state index contributed by atoms with van der Waals surface area (Å²) in [5.41, 5.74) is 5.64. The molecule has 0 spiro atoms. The van der Waals surface area contributed by atoms with Gasteiger partial charge in [0.1, 0.15) is 6.61 Å². The molecule has 1 aliphatic carbocycles. The largest absolute Gasteiger partial charge is 0.462 e. The molecular formula is C26H26N2O4. The Kier molecular flexibility index (Phi) is 6.80. The normalized spacial score (nSPS) is 14.8. The van der Waals surface area contributed by atoms with E-state index in [0.717, 1.165) is 36.1 Å². The number of alkyl carbamates (subject to hydrolysis) is 1. The molecule has 3 aromatic rings. The first kappa shape index (κ1) is 21.6. The summed E-state index contributed by atoms with van der Waals surface area (Å²) in [6.07, 6.45) is 3.66. The number of nitrogens with one attached hydrogen (secondary N) is 1. The van der Waals surface area contributed by atoms with E-state index in [0.29, 0.717) is 12.2 Å². The molecule has 0 unspecified atom stereocenters. The van der Waals surface area contributed by atoms with Gasteiger partial charge in [0.2, 0.25) is 0 Å². The van der Waals surface area contributed by atoms with Gasteiger partial charge in [-0.3, -0.25) is 4.98 Å². The van der Waals surface area contributed by atoms with Crippen LogP contribution in [-0.4, -0.2) is 29.7 Å². The predicted molar refractivity (Wildman–Crippen MR) is 121 cm³/mol. The van der Waals surface area contributed by atoms with Gasteiger partial charge in [-0.25, -0.2) is 9.59 Å². The number of aromatic nitrogens is 1. The fourth-order valence-corrected chi connectivity index (χ4v) is 3.87. The quantitative estimate of drug-likeness (QED) is 0.573. The Morgan fingerprint density at radius 3 is 2.62 bits per heavy atom. The van der Waals surface area contributed by atoms with Gasteiger partial charge in [-0.1, -0.05) is 42.5 Å². The predicted octanol–water partition coefficient (Wildman–Crippen LogP) is 4.71. The average Bonchev–Trinajstić information content (AvgIpc) is 2.83. The number of rotatable bonds is 6. The molecule has 1 N–H and O–H groups in total. The van der Waals surface area contributed by atoms with Crippen molar-refractivity contribution in [1.29, 1.82) is 0 Å². The Bertz CT molecular complexity index is 1080. The molecule has 32 heavy (non-hydrogen) atoms. The Hall–Kier alpha value is -3.67. The number of ether oxygens (including phenoxy) is 2. The lowest BCUT2D eigenvalue weighted by molar-refractivity contribution is 0.0526. The second kappa shape index (κ2) is 10.1. The van der Waals surface area contributed by atoms with E-state index >= 15 is 0 Å². The van der Waals surface area contributed by atoms with Crippen LogP contribution < -0.4 is 5.32 Å². The summed E-state index contributed by atoms with van der Waals surface area (Å²) in [7, 11) is 0. The molecular weight excluding hydrogens is 404 g/mol. The molecule has 0 radical (unpaired) electrons. The lowest BCUT2D eigenvalue weighted by Gasteiger charge is -2.25. The van der Waals surface area contributed by atoms with E-state index in [-0.39, 0.29) is 18.6 Å². The SMILES string of the molecule is CCOC(=O)c1ccc(-c2ccc3c(c2)C[C@@H](NC(=O)OCc2ccccc2)CC3)nc1. The number of carbonyl (C=O) groups is 2. The molecule has 6 heteroatoms. The molecule has 164 valence electrons. The summed E-state index contributed by atoms with van der Waals surface area (Å²) >= 11 is 0. The third-order valence-corrected chi connectivity index (χ3v) is 5.54. The van der Waals surface area contributed by atoms with Crippen molar-refractivity contribution in [2.24, 2.45) is 0 Å². The van der Waals surface area contributed by atoms with Crippen LogP contribution in [0.3, 0.4) is 0 Å². The Morgan fingerprint density at radius 2 is 1.88 bits per heavy atom. The number of hydrogen-bond acceptors (Lipinski definition) is 5. The van der Waals surface area contributed by atoms with Gasteiger partial charge in [0.05, 0.1) is 17.9 Å². The summed E-state index contributed by atoms with van der Waals surface area (Å²) < 4.78 is 10.4. The summed E-state index contributed by atoms with van der Waals surface area (Å²) in [6.45, 7) is 2.37. The van der Waals surface area contributed by atoms with Crippen LogP contribution in [0.25, 0.3) is 11.3 Å². The molecule has 0 saturated carbocycles. The van der Waals surface area contributed by atoms with Crippen molar-refractivity contribution in [3.63, 3.8) is 0 Å². The van der Waals surface area contributed by atoms with Crippen molar-refractivity contribution in [1.82, 2.24) is 10.3 Å². The molecule has 0 bridgehead atoms. The van der Waals surface area contributed by atoms with Crippen LogP contribution in [0, 0.1) is 0 Å². The van der Waals surface area contributed by atoms with Gasteiger partial charge >= 0.3 is 12.1 Å². The molecule has 0 saturated heterocycles. The molecule has 1 amide bonds. The zero-order chi connectivity index (χ0) is 22.3. The monoisotopic (exact) mass is 430 g/mol. The summed E-state index contributed by atoms with van der Waals surface area (Å²) in [6, 6.07) is 19.5. The van der Waals surface area contributed by atoms with Gasteiger partial charge in [-0.2, -0.15) is 0 Å². The molecule has 1 heterocycles. The number of amides is 1. The van der Waals surface area contributed by atoms with Crippen LogP contribution in [0.2, 0.25) is 0 Å². The minimum absolute atomic E-state index is 0.0279. The van der Waals surface area contributed by atoms with Gasteiger partial charge in [0, 0.05) is 17.8 Å². The first-order valence-electron chi connectivity index (χ1n) is 10.8. The molecule has 1 aromatic heterocycles. The minimum atomic E-state index is -0.394. The molecule has 0 fully saturated rings. The van der Waals surface area contributed by atoms with Gasteiger partial charge in [0.15, 0.2) is 0 Å². The van der Waals surface area contributed by atoms with Crippen LogP contribution >= 0.6 is 0 Å². The van der Waals surface area contributed by atoms with Crippen molar-refractivity contribution in [2.45, 2.75) is 38.8 Å². The molecule has 6 nitrogen and oxygen atoms in total. The maximum Gasteiger partial charge on any atom is 0.407 e. The minimum Gasteiger partial charge on any atom is -0.462 e. The van der Waals surface area contributed by atoms with Crippen molar-refractivity contribution < 1.29 is 19.1 Å². The highest BCUT2D eigenvalue weighted by Gasteiger charge is 2.21. The molecule has 2 aromatic carbocycles. The van der Waals surface area contributed by atoms with Crippen molar-refractivity contribution in [3.05, 3.63) is 89.1 Å². The van der Waals surface area contributed by atoms with Crippen LogP contribution in [0.5, 0.6) is 0 Å². The molecule has 0 aliphatic heterocycles. The van der Waals surface area contributed by atoms with Crippen molar-refractivity contribution in [3.8, 4) is 11.3 Å². The highest BCUT2D eigenvalue weighted by atomic mass is 16.5. The summed E-state index contributed by atoms with van der Waals surface area (Å²) in [5, 5.41) is 2.99. The number of aryl methyl sites for hydroxylation is 1. The van der Waals surface area contributed by atoms with E-state index in [9.17, 15) is 9.59 Å². The Morgan fingerprint density at radius 1 is 1.03 bits per heavy atom. The van der Waals surface area contributed by atoms with E-state index in [4.69, 9.17) is 9.47 Å². The number of nitrogens with zero attached hydrogens (tertiary/aromatic N) is 1. The third-order valence-electron chi connectivity index (χ3n) is 5.54. The molecule has 1 aliphatic rings. The first-order valence-corrected chi connectivity index (χ1v) is 10.8. The molecule has 4 rings (SSSR count). The van der Waals surface area contributed by atoms with Crippen molar-refractivity contribution in [2.75, 3.05) is 6.61 Å². The van der Waals surface area contributed by atoms with Gasteiger partial charge in [-0.05, 0) is 61.1 Å². The van der Waals surface area contributed by atoms with Gasteiger partial charge < -0.3 is 14.8 Å². The van der Waals surface area contributed by atoms with E-state index in [1.807, 2.05) is 42.5 Å². The maximum atomic E-state index is 12.2. The molecule has 1 atom stereocenters. The third kappa shape index (κ3) is 5.32. The Balaban J connectivity index is 1.38. The summed E-state index contributed by atoms with van der Waals surface area (Å²) in [5.74, 6) is -0.370. The number of pyridine rings is 1. The number of benzene rings is 2. The average molecular weight is 431 g/mol. The topological polar surface area (TPSA) is 77.5 Å². The summed E-state index contributed by atoms with van der Waals surface area (Å²) in [4.78, 5) is 28.5. The van der Waals surface area contributed by atoms with E-state index in [1.54, 1.807) is 19.2 Å². The second-order valence-electron chi connectivity index (χ2n) is 7.78. The standard InChI is InChI=1S/C26H26N2O4/c1-2-31-25(29)21-11-13-24(27-16-21)20-9-8-19-10-12-23(15-22(19)14-20)28-26(30)32-17-18-6-4-3-5-7-18/h3-9,11,13-14,16,23H,2,10,12,15,17H2,1H3,(H,28,30)/t23-/m0/s1. The zero-order valence-corrected chi connectivity index (χ0v) is 18.0. The van der Waals surface area contributed by atoms with E-state index in [2.05, 4.69) is 22.4 Å². The highest BCUT2D eigenvalue weighted by molar-refractivity contribution is 5.89. The number of carbonyl (C=O) groups excluding carboxylic acids is 2. The van der Waals surface area contributed by atoms with Crippen LogP contribution in [0.1, 0.15) is 40.4 Å². The van der Waals surface area contributed by atoms with E-state index < -0.39 is 6.09 Å². The maximum absolute atomic E-state index is 12.2.